The molecule has 0 saturated heterocycles. The van der Waals surface area contributed by atoms with E-state index in [0.29, 0.717) is 6.54 Å². The van der Waals surface area contributed by atoms with Crippen LogP contribution < -0.4 is 5.32 Å². The van der Waals surface area contributed by atoms with Crippen LogP contribution >= 0.6 is 0 Å². The molecule has 0 saturated carbocycles. The fourth-order valence-corrected chi connectivity index (χ4v) is 2.97. The lowest BCUT2D eigenvalue weighted by molar-refractivity contribution is -0.139. The highest BCUT2D eigenvalue weighted by molar-refractivity contribution is 5.83. The summed E-state index contributed by atoms with van der Waals surface area (Å²) in [5, 5.41) is 12.2. The first kappa shape index (κ1) is 20.5. The van der Waals surface area contributed by atoms with Gasteiger partial charge in [-0.25, -0.2) is 9.59 Å². The minimum absolute atomic E-state index is 0.00746. The van der Waals surface area contributed by atoms with E-state index in [1.54, 1.807) is 4.90 Å². The maximum absolute atomic E-state index is 12.7. The summed E-state index contributed by atoms with van der Waals surface area (Å²) in [6.45, 7) is 4.46. The smallest absolute Gasteiger partial charge is 0.326 e. The number of urea groups is 1. The van der Waals surface area contributed by atoms with Gasteiger partial charge in [-0.15, -0.1) is 0 Å². The number of carbonyl (C=O) groups excluding carboxylic acids is 1. The van der Waals surface area contributed by atoms with Crippen LogP contribution in [0.4, 0.5) is 4.79 Å². The first-order valence-corrected chi connectivity index (χ1v) is 9.35. The summed E-state index contributed by atoms with van der Waals surface area (Å²) >= 11 is 0. The number of carbonyl (C=O) groups is 2. The Bertz CT molecular complexity index is 717. The molecular formula is C22H28N2O3. The lowest BCUT2D eigenvalue weighted by Gasteiger charge is -2.28. The second-order valence-electron chi connectivity index (χ2n) is 6.91. The number of amides is 2. The number of hydrogen-bond acceptors (Lipinski definition) is 2. The Balaban J connectivity index is 1.94. The number of carboxylic acids is 1. The van der Waals surface area contributed by atoms with Gasteiger partial charge < -0.3 is 15.3 Å². The summed E-state index contributed by atoms with van der Waals surface area (Å²) in [7, 11) is 0. The Morgan fingerprint density at radius 2 is 1.52 bits per heavy atom. The molecule has 2 aromatic rings. The van der Waals surface area contributed by atoms with Crippen LogP contribution in [0.25, 0.3) is 0 Å². The number of aryl methyl sites for hydroxylation is 1. The summed E-state index contributed by atoms with van der Waals surface area (Å²) in [5.41, 5.74) is 2.11. The normalized spacial score (nSPS) is 11.8. The molecule has 0 aliphatic heterocycles. The van der Waals surface area contributed by atoms with Gasteiger partial charge in [-0.2, -0.15) is 0 Å². The molecule has 2 rings (SSSR count). The largest absolute Gasteiger partial charge is 0.480 e. The number of nitrogens with one attached hydrogen (secondary N) is 1. The summed E-state index contributed by atoms with van der Waals surface area (Å²) in [4.78, 5) is 26.0. The number of carboxylic acid groups (broad SMARTS) is 1. The van der Waals surface area contributed by atoms with Crippen molar-refractivity contribution in [1.29, 1.82) is 0 Å². The number of hydrogen-bond donors (Lipinski definition) is 2. The van der Waals surface area contributed by atoms with Crippen LogP contribution in [0.15, 0.2) is 60.7 Å². The van der Waals surface area contributed by atoms with Gasteiger partial charge in [0.1, 0.15) is 6.04 Å². The van der Waals surface area contributed by atoms with Gasteiger partial charge in [0, 0.05) is 19.0 Å². The predicted octanol–water partition coefficient (Wildman–Crippen LogP) is 3.74. The summed E-state index contributed by atoms with van der Waals surface area (Å²) in [6, 6.07) is 18.2. The van der Waals surface area contributed by atoms with Crippen LogP contribution in [0.5, 0.6) is 0 Å². The monoisotopic (exact) mass is 368 g/mol. The van der Waals surface area contributed by atoms with E-state index in [2.05, 4.69) is 17.4 Å². The zero-order valence-electron chi connectivity index (χ0n) is 16.0. The Kier molecular flexibility index (Phi) is 7.86. The molecule has 0 bridgehead atoms. The van der Waals surface area contributed by atoms with Gasteiger partial charge in [0.25, 0.3) is 0 Å². The summed E-state index contributed by atoms with van der Waals surface area (Å²) in [5.74, 6) is -1.03. The molecule has 5 nitrogen and oxygen atoms in total. The average molecular weight is 368 g/mol. The third kappa shape index (κ3) is 6.77. The fraction of sp³-hybridized carbons (Fsp3) is 0.364. The van der Waals surface area contributed by atoms with Crippen LogP contribution in [0, 0.1) is 0 Å². The van der Waals surface area contributed by atoms with Crippen LogP contribution in [-0.2, 0) is 17.6 Å². The van der Waals surface area contributed by atoms with E-state index in [0.717, 1.165) is 18.4 Å². The van der Waals surface area contributed by atoms with Gasteiger partial charge >= 0.3 is 12.0 Å². The number of nitrogens with zero attached hydrogens (tertiary/aromatic N) is 1. The quantitative estimate of drug-likeness (QED) is 0.708. The Morgan fingerprint density at radius 3 is 2.04 bits per heavy atom. The van der Waals surface area contributed by atoms with Gasteiger partial charge in [0.2, 0.25) is 0 Å². The molecule has 0 radical (unpaired) electrons. The van der Waals surface area contributed by atoms with E-state index >= 15 is 0 Å². The molecule has 0 aromatic heterocycles. The SMILES string of the molecule is CC(C)N(CCCc1ccccc1)C(=O)N[C@@H](Cc1ccccc1)C(=O)O. The van der Waals surface area contributed by atoms with E-state index in [1.165, 1.54) is 5.56 Å². The maximum atomic E-state index is 12.7. The molecule has 27 heavy (non-hydrogen) atoms. The van der Waals surface area contributed by atoms with Gasteiger partial charge in [0.15, 0.2) is 0 Å². The van der Waals surface area contributed by atoms with E-state index in [-0.39, 0.29) is 18.5 Å². The predicted molar refractivity (Wildman–Crippen MR) is 107 cm³/mol. The molecule has 0 fully saturated rings. The Hall–Kier alpha value is -2.82. The van der Waals surface area contributed by atoms with Gasteiger partial charge in [-0.05, 0) is 37.8 Å². The minimum Gasteiger partial charge on any atom is -0.480 e. The first-order valence-electron chi connectivity index (χ1n) is 9.35. The second-order valence-corrected chi connectivity index (χ2v) is 6.91. The number of aliphatic carboxylic acids is 1. The van der Waals surface area contributed by atoms with Crippen molar-refractivity contribution in [3.8, 4) is 0 Å². The van der Waals surface area contributed by atoms with Crippen molar-refractivity contribution < 1.29 is 14.7 Å². The highest BCUT2D eigenvalue weighted by Crippen LogP contribution is 2.08. The van der Waals surface area contributed by atoms with Crippen molar-refractivity contribution in [2.75, 3.05) is 6.54 Å². The third-order valence-electron chi connectivity index (χ3n) is 4.47. The van der Waals surface area contributed by atoms with Crippen molar-refractivity contribution in [3.05, 3.63) is 71.8 Å². The Labute approximate surface area is 161 Å². The van der Waals surface area contributed by atoms with Crippen molar-refractivity contribution in [2.45, 2.75) is 45.2 Å². The van der Waals surface area contributed by atoms with Crippen molar-refractivity contribution >= 4 is 12.0 Å². The molecule has 5 heteroatoms. The van der Waals surface area contributed by atoms with Crippen LogP contribution in [0.1, 0.15) is 31.4 Å². The van der Waals surface area contributed by atoms with E-state index in [1.807, 2.05) is 62.4 Å². The van der Waals surface area contributed by atoms with E-state index in [4.69, 9.17) is 0 Å². The zero-order valence-corrected chi connectivity index (χ0v) is 16.0. The molecule has 0 aliphatic rings. The fourth-order valence-electron chi connectivity index (χ4n) is 2.97. The van der Waals surface area contributed by atoms with Gasteiger partial charge in [0.05, 0.1) is 0 Å². The maximum Gasteiger partial charge on any atom is 0.326 e. The average Bonchev–Trinajstić information content (AvgIpc) is 2.66. The van der Waals surface area contributed by atoms with E-state index in [9.17, 15) is 14.7 Å². The molecule has 2 N–H and O–H groups in total. The molecule has 144 valence electrons. The Morgan fingerprint density at radius 1 is 0.963 bits per heavy atom. The lowest BCUT2D eigenvalue weighted by atomic mass is 10.1. The molecule has 2 aromatic carbocycles. The summed E-state index contributed by atoms with van der Waals surface area (Å²) in [6.07, 6.45) is 1.97. The molecule has 0 aliphatic carbocycles. The van der Waals surface area contributed by atoms with Crippen LogP contribution in [0.2, 0.25) is 0 Å². The number of benzene rings is 2. The van der Waals surface area contributed by atoms with Crippen molar-refractivity contribution in [3.63, 3.8) is 0 Å². The van der Waals surface area contributed by atoms with Crippen molar-refractivity contribution in [2.24, 2.45) is 0 Å². The topological polar surface area (TPSA) is 69.6 Å². The second kappa shape index (κ2) is 10.4. The van der Waals surface area contributed by atoms with Gasteiger partial charge in [-0.1, -0.05) is 60.7 Å². The first-order chi connectivity index (χ1) is 13.0. The third-order valence-corrected chi connectivity index (χ3v) is 4.47. The molecule has 1 atom stereocenters. The highest BCUT2D eigenvalue weighted by Gasteiger charge is 2.24. The summed E-state index contributed by atoms with van der Waals surface area (Å²) < 4.78 is 0. The molecule has 2 amide bonds. The van der Waals surface area contributed by atoms with Crippen molar-refractivity contribution in [1.82, 2.24) is 10.2 Å². The van der Waals surface area contributed by atoms with E-state index < -0.39 is 12.0 Å². The molecular weight excluding hydrogens is 340 g/mol. The minimum atomic E-state index is -1.03. The van der Waals surface area contributed by atoms with Gasteiger partial charge in [-0.3, -0.25) is 0 Å². The number of rotatable bonds is 9. The zero-order chi connectivity index (χ0) is 19.6. The lowest BCUT2D eigenvalue weighted by Crippen LogP contribution is -2.51. The highest BCUT2D eigenvalue weighted by atomic mass is 16.4. The molecule has 0 heterocycles. The van der Waals surface area contributed by atoms with Crippen LogP contribution in [0.3, 0.4) is 0 Å². The molecule has 0 spiro atoms. The van der Waals surface area contributed by atoms with Crippen LogP contribution in [-0.4, -0.2) is 40.6 Å². The standard InChI is InChI=1S/C22H28N2O3/c1-17(2)24(15-9-14-18-10-5-3-6-11-18)22(27)23-20(21(25)26)16-19-12-7-4-8-13-19/h3-8,10-13,17,20H,9,14-16H2,1-2H3,(H,23,27)(H,25,26)/t20-/m0/s1. The molecule has 0 unspecified atom stereocenters.